The molecule has 156 valence electrons. The Kier molecular flexibility index (Phi) is 10.7. The molecular weight excluding hydrogens is 469 g/mol. The molecule has 0 atom stereocenters. The van der Waals surface area contributed by atoms with Crippen molar-refractivity contribution < 1.29 is 9.47 Å². The van der Waals surface area contributed by atoms with Crippen LogP contribution in [0.4, 0.5) is 0 Å². The predicted octanol–water partition coefficient (Wildman–Crippen LogP) is 2.74. The van der Waals surface area contributed by atoms with Gasteiger partial charge in [-0.1, -0.05) is 6.07 Å². The summed E-state index contributed by atoms with van der Waals surface area (Å²) in [5, 5.41) is 7.56. The van der Waals surface area contributed by atoms with Gasteiger partial charge >= 0.3 is 0 Å². The lowest BCUT2D eigenvalue weighted by molar-refractivity contribution is 0.354. The van der Waals surface area contributed by atoms with Crippen LogP contribution in [0.1, 0.15) is 18.1 Å². The summed E-state index contributed by atoms with van der Waals surface area (Å²) in [6.07, 6.45) is 5.70. The maximum absolute atomic E-state index is 5.39. The number of halogens is 1. The van der Waals surface area contributed by atoms with E-state index in [1.807, 2.05) is 36.3 Å². The van der Waals surface area contributed by atoms with Crippen molar-refractivity contribution in [2.45, 2.75) is 19.8 Å². The van der Waals surface area contributed by atoms with E-state index in [0.29, 0.717) is 0 Å². The van der Waals surface area contributed by atoms with Gasteiger partial charge < -0.3 is 19.7 Å². The summed E-state index contributed by atoms with van der Waals surface area (Å²) in [6, 6.07) is 6.04. The summed E-state index contributed by atoms with van der Waals surface area (Å²) in [4.78, 5) is 6.90. The Balaban J connectivity index is 0.00000392. The first kappa shape index (κ1) is 24.1. The minimum atomic E-state index is 0. The number of rotatable bonds is 9. The van der Waals surface area contributed by atoms with Crippen molar-refractivity contribution in [3.63, 3.8) is 0 Å². The van der Waals surface area contributed by atoms with Crippen molar-refractivity contribution in [2.24, 2.45) is 12.0 Å². The van der Waals surface area contributed by atoms with Gasteiger partial charge in [-0.15, -0.1) is 24.0 Å². The highest BCUT2D eigenvalue weighted by Gasteiger charge is 2.08. The van der Waals surface area contributed by atoms with Crippen LogP contribution >= 0.6 is 24.0 Å². The minimum absolute atomic E-state index is 0. The third-order valence-corrected chi connectivity index (χ3v) is 4.30. The Bertz CT molecular complexity index is 748. The van der Waals surface area contributed by atoms with Gasteiger partial charge in [0, 0.05) is 39.9 Å². The summed E-state index contributed by atoms with van der Waals surface area (Å²) >= 11 is 0. The van der Waals surface area contributed by atoms with Crippen LogP contribution in [0.15, 0.2) is 35.6 Å². The maximum Gasteiger partial charge on any atom is 0.193 e. The number of aliphatic imine (C=N–C) groups is 1. The van der Waals surface area contributed by atoms with Crippen LogP contribution in [0, 0.1) is 0 Å². The van der Waals surface area contributed by atoms with Crippen molar-refractivity contribution in [2.75, 3.05) is 40.9 Å². The van der Waals surface area contributed by atoms with Gasteiger partial charge in [0.05, 0.1) is 20.4 Å². The number of guanidine groups is 1. The highest BCUT2D eigenvalue weighted by atomic mass is 127. The number of nitrogens with zero attached hydrogens (tertiary/aromatic N) is 4. The molecule has 1 aromatic carbocycles. The van der Waals surface area contributed by atoms with E-state index in [9.17, 15) is 0 Å². The zero-order valence-corrected chi connectivity index (χ0v) is 19.8. The molecule has 0 radical (unpaired) electrons. The zero-order valence-electron chi connectivity index (χ0n) is 17.4. The van der Waals surface area contributed by atoms with Gasteiger partial charge in [0.1, 0.15) is 0 Å². The molecule has 1 heterocycles. The fraction of sp³-hybridized carbons (Fsp3) is 0.500. The number of likely N-dealkylation sites (N-methyl/N-ethyl adjacent to an activating group) is 1. The van der Waals surface area contributed by atoms with E-state index in [2.05, 4.69) is 35.4 Å². The van der Waals surface area contributed by atoms with Gasteiger partial charge in [0.2, 0.25) is 0 Å². The second-order valence-corrected chi connectivity index (χ2v) is 6.37. The fourth-order valence-corrected chi connectivity index (χ4v) is 2.80. The van der Waals surface area contributed by atoms with Crippen LogP contribution in [0.3, 0.4) is 0 Å². The van der Waals surface area contributed by atoms with E-state index in [1.165, 1.54) is 11.1 Å². The summed E-state index contributed by atoms with van der Waals surface area (Å²) < 4.78 is 12.5. The summed E-state index contributed by atoms with van der Waals surface area (Å²) in [5.41, 5.74) is 2.40. The van der Waals surface area contributed by atoms with Gasteiger partial charge in [-0.25, -0.2) is 0 Å². The van der Waals surface area contributed by atoms with Gasteiger partial charge in [-0.05, 0) is 43.0 Å². The molecule has 0 aliphatic heterocycles. The molecule has 8 heteroatoms. The zero-order chi connectivity index (χ0) is 19.6. The first-order valence-electron chi connectivity index (χ1n) is 9.25. The van der Waals surface area contributed by atoms with Crippen LogP contribution in [0.2, 0.25) is 0 Å². The number of hydrogen-bond donors (Lipinski definition) is 1. The average molecular weight is 501 g/mol. The third kappa shape index (κ3) is 7.21. The monoisotopic (exact) mass is 501 g/mol. The maximum atomic E-state index is 5.39. The van der Waals surface area contributed by atoms with E-state index in [4.69, 9.17) is 14.5 Å². The van der Waals surface area contributed by atoms with Gasteiger partial charge in [0.15, 0.2) is 17.5 Å². The van der Waals surface area contributed by atoms with Gasteiger partial charge in [-0.3, -0.25) is 9.67 Å². The van der Waals surface area contributed by atoms with Gasteiger partial charge in [-0.2, -0.15) is 5.10 Å². The Morgan fingerprint density at radius 1 is 1.18 bits per heavy atom. The molecule has 0 unspecified atom stereocenters. The van der Waals surface area contributed by atoms with Crippen molar-refractivity contribution in [3.05, 3.63) is 41.7 Å². The van der Waals surface area contributed by atoms with Crippen molar-refractivity contribution >= 4 is 29.9 Å². The summed E-state index contributed by atoms with van der Waals surface area (Å²) in [5.74, 6) is 2.43. The van der Waals surface area contributed by atoms with Crippen LogP contribution in [0.25, 0.3) is 0 Å². The molecule has 0 spiro atoms. The Labute approximate surface area is 185 Å². The van der Waals surface area contributed by atoms with Crippen molar-refractivity contribution in [1.29, 1.82) is 0 Å². The van der Waals surface area contributed by atoms with E-state index < -0.39 is 0 Å². The van der Waals surface area contributed by atoms with Crippen molar-refractivity contribution in [1.82, 2.24) is 20.0 Å². The average Bonchev–Trinajstić information content (AvgIpc) is 3.10. The lowest BCUT2D eigenvalue weighted by Gasteiger charge is -2.22. The van der Waals surface area contributed by atoms with Crippen LogP contribution in [-0.2, 0) is 19.9 Å². The Hall–Kier alpha value is -1.97. The molecule has 0 aliphatic rings. The minimum Gasteiger partial charge on any atom is -0.493 e. The molecule has 1 aromatic heterocycles. The molecule has 0 amide bonds. The van der Waals surface area contributed by atoms with Crippen LogP contribution in [0.5, 0.6) is 11.5 Å². The number of methoxy groups -OCH3 is 2. The number of ether oxygens (including phenoxy) is 2. The topological polar surface area (TPSA) is 63.9 Å². The van der Waals surface area contributed by atoms with E-state index in [1.54, 1.807) is 14.2 Å². The molecule has 2 aromatic rings. The number of aryl methyl sites for hydroxylation is 1. The highest BCUT2D eigenvalue weighted by Crippen LogP contribution is 2.27. The first-order chi connectivity index (χ1) is 13.1. The Morgan fingerprint density at radius 2 is 1.93 bits per heavy atom. The molecule has 0 bridgehead atoms. The summed E-state index contributed by atoms with van der Waals surface area (Å²) in [7, 11) is 7.30. The third-order valence-electron chi connectivity index (χ3n) is 4.30. The molecule has 0 aliphatic carbocycles. The largest absolute Gasteiger partial charge is 0.493 e. The fourth-order valence-electron chi connectivity index (χ4n) is 2.80. The van der Waals surface area contributed by atoms with Crippen LogP contribution in [-0.4, -0.2) is 61.5 Å². The normalized spacial score (nSPS) is 11.0. The quantitative estimate of drug-likeness (QED) is 0.325. The Morgan fingerprint density at radius 3 is 2.54 bits per heavy atom. The second-order valence-electron chi connectivity index (χ2n) is 6.37. The number of benzene rings is 1. The predicted molar refractivity (Wildman–Crippen MR) is 124 cm³/mol. The van der Waals surface area contributed by atoms with Gasteiger partial charge in [0.25, 0.3) is 0 Å². The molecule has 2 rings (SSSR count). The number of hydrogen-bond acceptors (Lipinski definition) is 4. The molecule has 7 nitrogen and oxygen atoms in total. The van der Waals surface area contributed by atoms with E-state index in [0.717, 1.165) is 49.9 Å². The SMILES string of the molecule is CCNC(=NCCc1cnn(C)c1)N(C)CCc1ccc(OC)c(OC)c1.I. The molecule has 0 saturated heterocycles. The molecule has 1 N–H and O–H groups in total. The number of nitrogens with one attached hydrogen (secondary N) is 1. The lowest BCUT2D eigenvalue weighted by Crippen LogP contribution is -2.40. The molecule has 28 heavy (non-hydrogen) atoms. The smallest absolute Gasteiger partial charge is 0.193 e. The highest BCUT2D eigenvalue weighted by molar-refractivity contribution is 14.0. The van der Waals surface area contributed by atoms with Crippen molar-refractivity contribution in [3.8, 4) is 11.5 Å². The lowest BCUT2D eigenvalue weighted by atomic mass is 10.1. The van der Waals surface area contributed by atoms with E-state index >= 15 is 0 Å². The molecule has 0 saturated carbocycles. The second kappa shape index (κ2) is 12.5. The number of aromatic nitrogens is 2. The molecular formula is C20H32IN5O2. The molecule has 0 fully saturated rings. The first-order valence-corrected chi connectivity index (χ1v) is 9.25. The van der Waals surface area contributed by atoms with E-state index in [-0.39, 0.29) is 24.0 Å². The standard InChI is InChI=1S/C20H31N5O2.HI/c1-6-21-20(22-11-9-17-14-23-25(3)15-17)24(2)12-10-16-7-8-18(26-4)19(13-16)27-5;/h7-8,13-15H,6,9-12H2,1-5H3,(H,21,22);1H. The summed E-state index contributed by atoms with van der Waals surface area (Å²) in [6.45, 7) is 4.51. The van der Waals surface area contributed by atoms with Crippen LogP contribution < -0.4 is 14.8 Å².